The maximum absolute atomic E-state index is 13.3. The number of carbonyl (C=O) groups is 3. The summed E-state index contributed by atoms with van der Waals surface area (Å²) in [6.07, 6.45) is 5.56. The third-order valence-corrected chi connectivity index (χ3v) is 7.22. The molecule has 0 aliphatic carbocycles. The summed E-state index contributed by atoms with van der Waals surface area (Å²) < 4.78 is 5.41. The van der Waals surface area contributed by atoms with Gasteiger partial charge < -0.3 is 9.64 Å². The number of nitriles is 1. The fraction of sp³-hybridized carbons (Fsp3) is 0.481. The summed E-state index contributed by atoms with van der Waals surface area (Å²) in [5, 5.41) is 12.3. The summed E-state index contributed by atoms with van der Waals surface area (Å²) in [5.74, 6) is 1.02. The zero-order valence-corrected chi connectivity index (χ0v) is 21.5. The first-order chi connectivity index (χ1) is 17.8. The largest absolute Gasteiger partial charge is 0.381 e. The minimum atomic E-state index is -0.408. The van der Waals surface area contributed by atoms with Crippen molar-refractivity contribution in [2.24, 2.45) is 5.92 Å². The van der Waals surface area contributed by atoms with Crippen LogP contribution in [0.1, 0.15) is 65.9 Å². The van der Waals surface area contributed by atoms with Crippen molar-refractivity contribution in [2.75, 3.05) is 30.4 Å². The molecule has 0 aromatic carbocycles. The van der Waals surface area contributed by atoms with Crippen LogP contribution in [0.4, 0.5) is 16.4 Å². The van der Waals surface area contributed by atoms with Crippen LogP contribution in [0.5, 0.6) is 0 Å². The van der Waals surface area contributed by atoms with Gasteiger partial charge in [-0.25, -0.2) is 14.8 Å². The lowest BCUT2D eigenvalue weighted by molar-refractivity contribution is -0.128. The topological polar surface area (TPSA) is 129 Å². The molecule has 1 fully saturated rings. The molecule has 1 N–H and O–H groups in total. The number of aromatic nitrogens is 2. The molecule has 0 spiro atoms. The number of nitrogens with zero attached hydrogens (tertiary/aromatic N) is 5. The number of anilines is 2. The molecule has 2 unspecified atom stereocenters. The molecule has 37 heavy (non-hydrogen) atoms. The number of hydrogen-bond donors (Lipinski definition) is 1. The Kier molecular flexibility index (Phi) is 8.14. The quantitative estimate of drug-likeness (QED) is 0.545. The second-order valence-electron chi connectivity index (χ2n) is 9.70. The number of carbonyl (C=O) groups excluding carboxylic acids is 3. The van der Waals surface area contributed by atoms with Gasteiger partial charge in [0.1, 0.15) is 23.4 Å². The minimum absolute atomic E-state index is 0.00849. The lowest BCUT2D eigenvalue weighted by atomic mass is 9.94. The van der Waals surface area contributed by atoms with E-state index in [9.17, 15) is 19.6 Å². The Bertz CT molecular complexity index is 1240. The highest BCUT2D eigenvalue weighted by molar-refractivity contribution is 6.01. The Hall–Kier alpha value is -3.84. The van der Waals surface area contributed by atoms with Crippen molar-refractivity contribution in [1.29, 1.82) is 5.26 Å². The van der Waals surface area contributed by atoms with Crippen LogP contribution in [-0.4, -0.2) is 59.4 Å². The molecule has 2 aromatic heterocycles. The van der Waals surface area contributed by atoms with E-state index in [4.69, 9.17) is 4.74 Å². The van der Waals surface area contributed by atoms with Crippen LogP contribution in [0, 0.1) is 17.2 Å². The van der Waals surface area contributed by atoms with Crippen molar-refractivity contribution in [3.05, 3.63) is 46.3 Å². The summed E-state index contributed by atoms with van der Waals surface area (Å²) in [5.41, 5.74) is 3.04. The first-order valence-corrected chi connectivity index (χ1v) is 12.6. The average molecular weight is 505 g/mol. The van der Waals surface area contributed by atoms with E-state index in [0.29, 0.717) is 61.5 Å². The zero-order chi connectivity index (χ0) is 26.5. The molecule has 3 amide bonds. The van der Waals surface area contributed by atoms with E-state index in [1.54, 1.807) is 18.1 Å². The van der Waals surface area contributed by atoms with Gasteiger partial charge in [0.15, 0.2) is 6.29 Å². The van der Waals surface area contributed by atoms with Gasteiger partial charge in [0, 0.05) is 44.9 Å². The summed E-state index contributed by atoms with van der Waals surface area (Å²) >= 11 is 0. The first-order valence-electron chi connectivity index (χ1n) is 12.6. The molecule has 0 saturated carbocycles. The number of hydrogen-bond acceptors (Lipinski definition) is 7. The van der Waals surface area contributed by atoms with Crippen LogP contribution in [-0.2, 0) is 28.9 Å². The Labute approximate surface area is 216 Å². The van der Waals surface area contributed by atoms with E-state index < -0.39 is 6.03 Å². The molecule has 2 atom stereocenters. The highest BCUT2D eigenvalue weighted by Gasteiger charge is 2.28. The van der Waals surface area contributed by atoms with E-state index >= 15 is 0 Å². The first kappa shape index (κ1) is 26.2. The monoisotopic (exact) mass is 504 g/mol. The van der Waals surface area contributed by atoms with Crippen molar-refractivity contribution in [3.63, 3.8) is 0 Å². The molecule has 194 valence electrons. The van der Waals surface area contributed by atoms with E-state index in [2.05, 4.69) is 21.4 Å². The number of amides is 3. The number of urea groups is 1. The van der Waals surface area contributed by atoms with Crippen LogP contribution >= 0.6 is 0 Å². The lowest BCUT2D eigenvalue weighted by Gasteiger charge is -2.29. The molecular formula is C27H32N6O4. The van der Waals surface area contributed by atoms with Crippen LogP contribution in [0.25, 0.3) is 0 Å². The second-order valence-corrected chi connectivity index (χ2v) is 9.70. The Balaban J connectivity index is 1.55. The Morgan fingerprint density at radius 1 is 1.24 bits per heavy atom. The predicted molar refractivity (Wildman–Crippen MR) is 137 cm³/mol. The molecule has 10 nitrogen and oxygen atoms in total. The summed E-state index contributed by atoms with van der Waals surface area (Å²) in [6.45, 7) is 5.48. The molecule has 0 radical (unpaired) electrons. The molecule has 0 bridgehead atoms. The van der Waals surface area contributed by atoms with Crippen molar-refractivity contribution in [2.45, 2.75) is 58.6 Å². The molecule has 4 heterocycles. The van der Waals surface area contributed by atoms with Gasteiger partial charge in [0.2, 0.25) is 5.91 Å². The van der Waals surface area contributed by atoms with Gasteiger partial charge in [0.05, 0.1) is 11.7 Å². The minimum Gasteiger partial charge on any atom is -0.381 e. The number of pyridine rings is 2. The number of fused-ring (bicyclic) bond motifs is 1. The smallest absolute Gasteiger partial charge is 0.328 e. The Morgan fingerprint density at radius 2 is 2.03 bits per heavy atom. The molecule has 2 aromatic rings. The van der Waals surface area contributed by atoms with Gasteiger partial charge in [-0.1, -0.05) is 6.92 Å². The van der Waals surface area contributed by atoms with Gasteiger partial charge in [0.25, 0.3) is 0 Å². The highest BCUT2D eigenvalue weighted by Crippen LogP contribution is 2.29. The summed E-state index contributed by atoms with van der Waals surface area (Å²) in [6, 6.07) is 5.38. The molecular weight excluding hydrogens is 472 g/mol. The number of nitrogens with one attached hydrogen (secondary N) is 1. The predicted octanol–water partition coefficient (Wildman–Crippen LogP) is 3.48. The summed E-state index contributed by atoms with van der Waals surface area (Å²) in [4.78, 5) is 49.3. The average Bonchev–Trinajstić information content (AvgIpc) is 3.31. The number of ether oxygens (including phenoxy) is 1. The number of rotatable bonds is 8. The van der Waals surface area contributed by atoms with Gasteiger partial charge in [-0.3, -0.25) is 19.8 Å². The lowest BCUT2D eigenvalue weighted by Crippen LogP contribution is -2.40. The molecule has 2 aliphatic heterocycles. The SMILES string of the molecule is COC(C)C(C)Cc1cc(NC(=O)N2CCCc3cc(CN4CCCC4=O)c(C=O)nc32)ncc1C#N. The molecule has 4 rings (SSSR count). The second kappa shape index (κ2) is 11.5. The van der Waals surface area contributed by atoms with Gasteiger partial charge in [-0.05, 0) is 61.8 Å². The fourth-order valence-electron chi connectivity index (χ4n) is 4.82. The van der Waals surface area contributed by atoms with Gasteiger partial charge in [-0.15, -0.1) is 0 Å². The van der Waals surface area contributed by atoms with Crippen LogP contribution in [0.2, 0.25) is 0 Å². The van der Waals surface area contributed by atoms with Crippen LogP contribution in [0.3, 0.4) is 0 Å². The van der Waals surface area contributed by atoms with Gasteiger partial charge in [-0.2, -0.15) is 5.26 Å². The number of aryl methyl sites for hydroxylation is 1. The number of aldehydes is 1. The maximum Gasteiger partial charge on any atom is 0.328 e. The number of likely N-dealkylation sites (tertiary alicyclic amines) is 1. The van der Waals surface area contributed by atoms with Crippen molar-refractivity contribution >= 4 is 29.9 Å². The van der Waals surface area contributed by atoms with E-state index in [1.165, 1.54) is 11.1 Å². The normalized spacial score (nSPS) is 16.6. The third kappa shape index (κ3) is 5.78. The van der Waals surface area contributed by atoms with Crippen molar-refractivity contribution in [1.82, 2.24) is 14.9 Å². The van der Waals surface area contributed by atoms with E-state index in [0.717, 1.165) is 30.4 Å². The molecule has 1 saturated heterocycles. The van der Waals surface area contributed by atoms with Gasteiger partial charge >= 0.3 is 6.03 Å². The third-order valence-electron chi connectivity index (χ3n) is 7.22. The van der Waals surface area contributed by atoms with Crippen LogP contribution in [0.15, 0.2) is 18.3 Å². The zero-order valence-electron chi connectivity index (χ0n) is 21.5. The Morgan fingerprint density at radius 3 is 2.70 bits per heavy atom. The maximum atomic E-state index is 13.3. The van der Waals surface area contributed by atoms with E-state index in [-0.39, 0.29) is 23.6 Å². The van der Waals surface area contributed by atoms with Crippen LogP contribution < -0.4 is 10.2 Å². The molecule has 10 heteroatoms. The summed E-state index contributed by atoms with van der Waals surface area (Å²) in [7, 11) is 1.65. The number of methoxy groups -OCH3 is 1. The fourth-order valence-corrected chi connectivity index (χ4v) is 4.82. The van der Waals surface area contributed by atoms with Crippen molar-refractivity contribution in [3.8, 4) is 6.07 Å². The van der Waals surface area contributed by atoms with Crippen molar-refractivity contribution < 1.29 is 19.1 Å². The van der Waals surface area contributed by atoms with E-state index in [1.807, 2.05) is 19.9 Å². The standard InChI is InChI=1S/C27H32N6O4/c1-17(18(2)37-3)10-20-12-24(29-14-22(20)13-28)31-27(36)33-9-4-6-19-11-21(23(16-34)30-26(19)33)15-32-8-5-7-25(32)35/h11-12,14,16-18H,4-10,15H2,1-3H3,(H,29,31,36). The highest BCUT2D eigenvalue weighted by atomic mass is 16.5. The molecule has 2 aliphatic rings.